The van der Waals surface area contributed by atoms with E-state index in [9.17, 15) is 14.4 Å². The fourth-order valence-corrected chi connectivity index (χ4v) is 7.43. The van der Waals surface area contributed by atoms with E-state index in [1.165, 1.54) is 0 Å². The molecular weight excluding hydrogens is 552 g/mol. The number of carbonyl (C=O) groups excluding carboxylic acids is 3. The summed E-state index contributed by atoms with van der Waals surface area (Å²) in [6, 6.07) is 25.9. The topological polar surface area (TPSA) is 84.9 Å². The van der Waals surface area contributed by atoms with E-state index >= 15 is 0 Å². The van der Waals surface area contributed by atoms with Crippen LogP contribution >= 0.6 is 0 Å². The third-order valence-electron chi connectivity index (χ3n) is 9.41. The van der Waals surface area contributed by atoms with E-state index in [4.69, 9.17) is 9.47 Å². The molecule has 0 aliphatic carbocycles. The largest absolute Gasteiger partial charge is 0.497 e. The number of nitrogens with zero attached hydrogens (tertiary/aromatic N) is 1. The van der Waals surface area contributed by atoms with Gasteiger partial charge < -0.3 is 19.7 Å². The molecule has 1 fully saturated rings. The van der Waals surface area contributed by atoms with Crippen LogP contribution in [-0.4, -0.2) is 43.8 Å². The van der Waals surface area contributed by atoms with Gasteiger partial charge >= 0.3 is 0 Å². The maximum absolute atomic E-state index is 15.0. The minimum Gasteiger partial charge on any atom is -0.497 e. The maximum Gasteiger partial charge on any atom is 0.238 e. The van der Waals surface area contributed by atoms with Crippen molar-refractivity contribution in [3.63, 3.8) is 0 Å². The Morgan fingerprint density at radius 2 is 1.55 bits per heavy atom. The quantitative estimate of drug-likeness (QED) is 0.270. The number of para-hydroxylation sites is 1. The molecule has 7 nitrogen and oxygen atoms in total. The average Bonchev–Trinajstić information content (AvgIpc) is 3.52. The number of ketones is 2. The second kappa shape index (κ2) is 10.2. The Morgan fingerprint density at radius 3 is 2.30 bits per heavy atom. The van der Waals surface area contributed by atoms with E-state index in [2.05, 4.69) is 17.5 Å². The van der Waals surface area contributed by atoms with Gasteiger partial charge in [0.15, 0.2) is 11.6 Å². The van der Waals surface area contributed by atoms with E-state index in [0.717, 1.165) is 22.4 Å². The molecule has 1 N–H and O–H groups in total. The lowest BCUT2D eigenvalue weighted by Crippen LogP contribution is -2.51. The van der Waals surface area contributed by atoms with Crippen LogP contribution in [0.2, 0.25) is 0 Å². The summed E-state index contributed by atoms with van der Waals surface area (Å²) in [5.41, 5.74) is 4.67. The molecule has 4 aromatic rings. The zero-order valence-corrected chi connectivity index (χ0v) is 25.0. The molecule has 7 rings (SSSR count). The number of amides is 1. The number of hydrogen-bond acceptors (Lipinski definition) is 6. The molecule has 44 heavy (non-hydrogen) atoms. The minimum absolute atomic E-state index is 0.255. The van der Waals surface area contributed by atoms with Gasteiger partial charge in [0.1, 0.15) is 23.0 Å². The Hall–Kier alpha value is -5.17. The molecule has 0 bridgehead atoms. The van der Waals surface area contributed by atoms with Crippen LogP contribution in [0, 0.1) is 12.8 Å². The summed E-state index contributed by atoms with van der Waals surface area (Å²) in [5.74, 6) is -0.742. The summed E-state index contributed by atoms with van der Waals surface area (Å²) in [6.45, 7) is 4.06. The van der Waals surface area contributed by atoms with Crippen molar-refractivity contribution in [1.29, 1.82) is 0 Å². The smallest absolute Gasteiger partial charge is 0.238 e. The third-order valence-corrected chi connectivity index (χ3v) is 9.41. The van der Waals surface area contributed by atoms with Crippen LogP contribution < -0.4 is 19.7 Å². The second-order valence-corrected chi connectivity index (χ2v) is 11.7. The summed E-state index contributed by atoms with van der Waals surface area (Å²) >= 11 is 0. The predicted octanol–water partition coefficient (Wildman–Crippen LogP) is 6.26. The van der Waals surface area contributed by atoms with Gasteiger partial charge in [0.2, 0.25) is 5.91 Å². The molecule has 4 aromatic carbocycles. The summed E-state index contributed by atoms with van der Waals surface area (Å²) in [5, 5.41) is 3.08. The summed E-state index contributed by atoms with van der Waals surface area (Å²) in [7, 11) is 3.12. The zero-order valence-electron chi connectivity index (χ0n) is 25.0. The lowest BCUT2D eigenvalue weighted by atomic mass is 9.64. The number of fused-ring (bicyclic) bond motifs is 6. The third kappa shape index (κ3) is 3.85. The van der Waals surface area contributed by atoms with Gasteiger partial charge in [-0.3, -0.25) is 14.4 Å². The van der Waals surface area contributed by atoms with Crippen LogP contribution in [0.3, 0.4) is 0 Å². The Balaban J connectivity index is 1.54. The summed E-state index contributed by atoms with van der Waals surface area (Å²) < 4.78 is 10.8. The fourth-order valence-electron chi connectivity index (χ4n) is 7.43. The molecule has 4 atom stereocenters. The summed E-state index contributed by atoms with van der Waals surface area (Å²) in [6.07, 6.45) is 2.07. The van der Waals surface area contributed by atoms with Gasteiger partial charge in [0.05, 0.1) is 26.2 Å². The standard InChI is InChI=1S/C37H32N2O5/c1-21-12-17-30-27(18-21)22(2)19-31-37(28-10-5-6-11-29(28)38-36(37)42)32(34(40)23-13-15-25(43-3)16-14-23)33(39(30)31)35(41)24-8-7-9-26(20-24)44-4/h5-20,31-33H,1-4H3,(H,38,42)/t31-,32-,33-,37-/m0/s1. The number of anilines is 2. The van der Waals surface area contributed by atoms with Gasteiger partial charge in [-0.1, -0.05) is 48.0 Å². The van der Waals surface area contributed by atoms with Crippen molar-refractivity contribution in [3.05, 3.63) is 125 Å². The molecule has 1 amide bonds. The molecule has 7 heteroatoms. The van der Waals surface area contributed by atoms with Crippen LogP contribution in [0.5, 0.6) is 11.5 Å². The highest BCUT2D eigenvalue weighted by Crippen LogP contribution is 2.59. The molecule has 220 valence electrons. The first-order valence-electron chi connectivity index (χ1n) is 14.6. The predicted molar refractivity (Wildman–Crippen MR) is 170 cm³/mol. The highest BCUT2D eigenvalue weighted by Gasteiger charge is 2.70. The highest BCUT2D eigenvalue weighted by atomic mass is 16.5. The maximum atomic E-state index is 15.0. The number of allylic oxidation sites excluding steroid dienone is 1. The van der Waals surface area contributed by atoms with Crippen molar-refractivity contribution in [1.82, 2.24) is 0 Å². The molecule has 1 spiro atoms. The average molecular weight is 585 g/mol. The van der Waals surface area contributed by atoms with Gasteiger partial charge in [-0.15, -0.1) is 0 Å². The molecule has 3 aliphatic rings. The van der Waals surface area contributed by atoms with Crippen molar-refractivity contribution in [2.75, 3.05) is 24.4 Å². The van der Waals surface area contributed by atoms with Gasteiger partial charge in [0, 0.05) is 28.1 Å². The van der Waals surface area contributed by atoms with Crippen molar-refractivity contribution in [3.8, 4) is 11.5 Å². The van der Waals surface area contributed by atoms with Crippen LogP contribution in [0.25, 0.3) is 5.57 Å². The number of benzene rings is 4. The number of Topliss-reactive ketones (excluding diaryl/α,β-unsaturated/α-hetero) is 2. The molecule has 1 saturated heterocycles. The first kappa shape index (κ1) is 27.7. The van der Waals surface area contributed by atoms with Crippen LogP contribution in [0.15, 0.2) is 97.1 Å². The lowest BCUT2D eigenvalue weighted by molar-refractivity contribution is -0.121. The van der Waals surface area contributed by atoms with Gasteiger partial charge in [-0.05, 0) is 79.6 Å². The van der Waals surface area contributed by atoms with Crippen molar-refractivity contribution in [2.45, 2.75) is 31.3 Å². The zero-order chi connectivity index (χ0) is 30.7. The lowest BCUT2D eigenvalue weighted by Gasteiger charge is -2.39. The Bertz CT molecular complexity index is 1880. The number of nitrogens with one attached hydrogen (secondary N) is 1. The number of carbonyl (C=O) groups is 3. The molecule has 0 aromatic heterocycles. The van der Waals surface area contributed by atoms with Crippen molar-refractivity contribution in [2.24, 2.45) is 5.92 Å². The van der Waals surface area contributed by atoms with E-state index in [0.29, 0.717) is 33.9 Å². The van der Waals surface area contributed by atoms with Gasteiger partial charge in [0.25, 0.3) is 0 Å². The first-order chi connectivity index (χ1) is 21.3. The molecule has 0 unspecified atom stereocenters. The molecule has 0 radical (unpaired) electrons. The van der Waals surface area contributed by atoms with Crippen molar-refractivity contribution >= 4 is 34.4 Å². The number of hydrogen-bond donors (Lipinski definition) is 1. The SMILES string of the molecule is COc1ccc(C(=O)[C@@H]2[C@@H](C(=O)c3cccc(OC)c3)N3c4ccc(C)cc4C(C)=C[C@H]3[C@]23C(=O)Nc2ccccc23)cc1. The van der Waals surface area contributed by atoms with Gasteiger partial charge in [-0.2, -0.15) is 0 Å². The van der Waals surface area contributed by atoms with Crippen LogP contribution in [0.4, 0.5) is 11.4 Å². The number of ether oxygens (including phenoxy) is 2. The normalized spacial score (nSPS) is 22.9. The Labute approximate surface area is 256 Å². The second-order valence-electron chi connectivity index (χ2n) is 11.7. The van der Waals surface area contributed by atoms with E-state index in [1.54, 1.807) is 62.8 Å². The fraction of sp³-hybridized carbons (Fsp3) is 0.216. The monoisotopic (exact) mass is 584 g/mol. The number of methoxy groups -OCH3 is 2. The van der Waals surface area contributed by atoms with E-state index in [1.807, 2.05) is 55.1 Å². The number of rotatable bonds is 6. The Kier molecular flexibility index (Phi) is 6.43. The first-order valence-corrected chi connectivity index (χ1v) is 14.6. The molecule has 3 aliphatic heterocycles. The van der Waals surface area contributed by atoms with Crippen molar-refractivity contribution < 1.29 is 23.9 Å². The van der Waals surface area contributed by atoms with Gasteiger partial charge in [-0.25, -0.2) is 0 Å². The molecular formula is C37H32N2O5. The highest BCUT2D eigenvalue weighted by molar-refractivity contribution is 6.18. The molecule has 3 heterocycles. The van der Waals surface area contributed by atoms with E-state index in [-0.39, 0.29) is 17.5 Å². The molecule has 0 saturated carbocycles. The minimum atomic E-state index is -1.38. The Morgan fingerprint density at radius 1 is 0.795 bits per heavy atom. The number of aryl methyl sites for hydroxylation is 1. The van der Waals surface area contributed by atoms with Crippen LogP contribution in [0.1, 0.15) is 44.3 Å². The summed E-state index contributed by atoms with van der Waals surface area (Å²) in [4.78, 5) is 46.5. The van der Waals surface area contributed by atoms with E-state index < -0.39 is 23.4 Å². The van der Waals surface area contributed by atoms with Crippen LogP contribution in [-0.2, 0) is 10.2 Å².